The molecule has 0 radical (unpaired) electrons. The Morgan fingerprint density at radius 2 is 1.96 bits per heavy atom. The topological polar surface area (TPSA) is 69.0 Å². The third-order valence-electron chi connectivity index (χ3n) is 4.47. The number of halogens is 1. The quantitative estimate of drug-likeness (QED) is 0.604. The van der Waals surface area contributed by atoms with Gasteiger partial charge in [-0.3, -0.25) is 9.48 Å². The van der Waals surface area contributed by atoms with Gasteiger partial charge in [0.1, 0.15) is 0 Å². The van der Waals surface area contributed by atoms with Gasteiger partial charge >= 0.3 is 0 Å². The van der Waals surface area contributed by atoms with Gasteiger partial charge in [0.15, 0.2) is 15.6 Å². The lowest BCUT2D eigenvalue weighted by atomic mass is 10.1. The molecule has 25 heavy (non-hydrogen) atoms. The lowest BCUT2D eigenvalue weighted by Crippen LogP contribution is -2.13. The fraction of sp³-hybridized carbons (Fsp3) is 0.333. The molecule has 1 aromatic carbocycles. The van der Waals surface area contributed by atoms with Gasteiger partial charge in [-0.25, -0.2) is 8.42 Å². The van der Waals surface area contributed by atoms with Gasteiger partial charge in [-0.05, 0) is 56.7 Å². The highest BCUT2D eigenvalue weighted by molar-refractivity contribution is 7.91. The van der Waals surface area contributed by atoms with Crippen molar-refractivity contribution in [2.24, 2.45) is 0 Å². The van der Waals surface area contributed by atoms with Gasteiger partial charge in [0, 0.05) is 21.8 Å². The predicted molar refractivity (Wildman–Crippen MR) is 98.8 cm³/mol. The average Bonchev–Trinajstić information content (AvgIpc) is 3.05. The van der Waals surface area contributed by atoms with E-state index in [-0.39, 0.29) is 23.3 Å². The van der Waals surface area contributed by atoms with Gasteiger partial charge in [0.05, 0.1) is 23.2 Å². The highest BCUT2D eigenvalue weighted by atomic mass is 35.5. The second-order valence-electron chi connectivity index (χ2n) is 6.29. The molecule has 2 aromatic rings. The SMILES string of the molecule is Cc1nn([C@H]2CCS(=O)(=O)C2)c(C)c1/C=C/C(=O)c1ccc(Cl)cc1. The first kappa shape index (κ1) is 17.9. The lowest BCUT2D eigenvalue weighted by molar-refractivity contribution is 0.104. The molecular formula is C18H19ClN2O3S. The molecule has 0 saturated carbocycles. The Hall–Kier alpha value is -1.92. The molecule has 132 valence electrons. The summed E-state index contributed by atoms with van der Waals surface area (Å²) in [5.74, 6) is 0.213. The van der Waals surface area contributed by atoms with Crippen LogP contribution >= 0.6 is 11.6 Å². The molecule has 0 spiro atoms. The van der Waals surface area contributed by atoms with E-state index in [1.165, 1.54) is 6.08 Å². The maximum atomic E-state index is 12.3. The first-order valence-corrected chi connectivity index (χ1v) is 10.2. The van der Waals surface area contributed by atoms with Crippen molar-refractivity contribution >= 4 is 33.3 Å². The van der Waals surface area contributed by atoms with Crippen molar-refractivity contribution in [3.63, 3.8) is 0 Å². The van der Waals surface area contributed by atoms with Crippen molar-refractivity contribution in [1.29, 1.82) is 0 Å². The maximum absolute atomic E-state index is 12.3. The highest BCUT2D eigenvalue weighted by Gasteiger charge is 2.31. The van der Waals surface area contributed by atoms with Crippen molar-refractivity contribution in [3.8, 4) is 0 Å². The molecule has 0 bridgehead atoms. The zero-order valence-corrected chi connectivity index (χ0v) is 15.6. The van der Waals surface area contributed by atoms with Crippen LogP contribution in [-0.4, -0.2) is 35.5 Å². The van der Waals surface area contributed by atoms with Crippen LogP contribution in [0.1, 0.15) is 39.8 Å². The van der Waals surface area contributed by atoms with Crippen LogP contribution < -0.4 is 0 Å². The van der Waals surface area contributed by atoms with Gasteiger partial charge in [-0.15, -0.1) is 0 Å². The van der Waals surface area contributed by atoms with Crippen LogP contribution in [0, 0.1) is 13.8 Å². The second kappa shape index (κ2) is 6.77. The number of rotatable bonds is 4. The number of ketones is 1. The summed E-state index contributed by atoms with van der Waals surface area (Å²) >= 11 is 5.83. The Bertz CT molecular complexity index is 943. The van der Waals surface area contributed by atoms with Crippen LogP contribution in [0.2, 0.25) is 5.02 Å². The molecule has 1 saturated heterocycles. The molecule has 2 heterocycles. The summed E-state index contributed by atoms with van der Waals surface area (Å²) in [5, 5.41) is 5.08. The standard InChI is InChI=1S/C18H19ClN2O3S/c1-12-17(7-8-18(22)14-3-5-15(19)6-4-14)13(2)21(20-12)16-9-10-25(23,24)11-16/h3-8,16H,9-11H2,1-2H3/b8-7+/t16-/m0/s1. The largest absolute Gasteiger partial charge is 0.289 e. The summed E-state index contributed by atoms with van der Waals surface area (Å²) in [4.78, 5) is 12.3. The molecule has 7 heteroatoms. The van der Waals surface area contributed by atoms with E-state index in [9.17, 15) is 13.2 Å². The minimum Gasteiger partial charge on any atom is -0.289 e. The second-order valence-corrected chi connectivity index (χ2v) is 8.96. The van der Waals surface area contributed by atoms with Crippen molar-refractivity contribution in [1.82, 2.24) is 9.78 Å². The first-order valence-electron chi connectivity index (χ1n) is 8.01. The van der Waals surface area contributed by atoms with Gasteiger partial charge in [0.25, 0.3) is 0 Å². The zero-order valence-electron chi connectivity index (χ0n) is 14.1. The number of hydrogen-bond acceptors (Lipinski definition) is 4. The molecule has 0 aliphatic carbocycles. The van der Waals surface area contributed by atoms with Crippen molar-refractivity contribution in [2.75, 3.05) is 11.5 Å². The fourth-order valence-electron chi connectivity index (χ4n) is 3.11. The Morgan fingerprint density at radius 1 is 1.28 bits per heavy atom. The van der Waals surface area contributed by atoms with Crippen molar-refractivity contribution < 1.29 is 13.2 Å². The smallest absolute Gasteiger partial charge is 0.185 e. The summed E-state index contributed by atoms with van der Waals surface area (Å²) in [6, 6.07) is 6.59. The van der Waals surface area contributed by atoms with E-state index in [4.69, 9.17) is 11.6 Å². The van der Waals surface area contributed by atoms with Gasteiger partial charge in [-0.2, -0.15) is 5.10 Å². The monoisotopic (exact) mass is 378 g/mol. The summed E-state index contributed by atoms with van der Waals surface area (Å²) in [6.07, 6.45) is 3.84. The van der Waals surface area contributed by atoms with Crippen LogP contribution in [0.4, 0.5) is 0 Å². The molecule has 1 fully saturated rings. The zero-order chi connectivity index (χ0) is 18.2. The molecule has 0 amide bonds. The van der Waals surface area contributed by atoms with Crippen LogP contribution in [0.5, 0.6) is 0 Å². The van der Waals surface area contributed by atoms with Crippen molar-refractivity contribution in [2.45, 2.75) is 26.3 Å². The minimum atomic E-state index is -2.97. The van der Waals surface area contributed by atoms with E-state index in [0.29, 0.717) is 17.0 Å². The number of benzene rings is 1. The lowest BCUT2D eigenvalue weighted by Gasteiger charge is -2.10. The number of aromatic nitrogens is 2. The Labute approximate surface area is 152 Å². The van der Waals surface area contributed by atoms with E-state index in [1.54, 1.807) is 35.0 Å². The van der Waals surface area contributed by atoms with E-state index in [1.807, 2.05) is 13.8 Å². The Balaban J connectivity index is 1.83. The molecule has 5 nitrogen and oxygen atoms in total. The summed E-state index contributed by atoms with van der Waals surface area (Å²) in [6.45, 7) is 3.76. The fourth-order valence-corrected chi connectivity index (χ4v) is 4.93. The van der Waals surface area contributed by atoms with Crippen molar-refractivity contribution in [3.05, 3.63) is 57.9 Å². The van der Waals surface area contributed by atoms with E-state index in [2.05, 4.69) is 5.10 Å². The normalized spacial score (nSPS) is 19.6. The Kier molecular flexibility index (Phi) is 4.84. The third-order valence-corrected chi connectivity index (χ3v) is 6.47. The van der Waals surface area contributed by atoms with Crippen LogP contribution in [0.3, 0.4) is 0 Å². The van der Waals surface area contributed by atoms with E-state index < -0.39 is 9.84 Å². The van der Waals surface area contributed by atoms with Gasteiger partial charge in [-0.1, -0.05) is 11.6 Å². The number of sulfone groups is 1. The molecule has 0 N–H and O–H groups in total. The van der Waals surface area contributed by atoms with E-state index >= 15 is 0 Å². The van der Waals surface area contributed by atoms with Gasteiger partial charge in [0.2, 0.25) is 0 Å². The molecule has 1 atom stereocenters. The third kappa shape index (κ3) is 3.85. The molecular weight excluding hydrogens is 360 g/mol. The number of nitrogens with zero attached hydrogens (tertiary/aromatic N) is 2. The predicted octanol–water partition coefficient (Wildman–Crippen LogP) is 3.41. The number of allylic oxidation sites excluding steroid dienone is 1. The first-order chi connectivity index (χ1) is 11.8. The molecule has 1 aliphatic rings. The maximum Gasteiger partial charge on any atom is 0.185 e. The van der Waals surface area contributed by atoms with Crippen LogP contribution in [-0.2, 0) is 9.84 Å². The molecule has 0 unspecified atom stereocenters. The Morgan fingerprint density at radius 3 is 2.56 bits per heavy atom. The van der Waals surface area contributed by atoms with E-state index in [0.717, 1.165) is 17.0 Å². The number of carbonyl (C=O) groups excluding carboxylic acids is 1. The van der Waals surface area contributed by atoms with Crippen LogP contribution in [0.25, 0.3) is 6.08 Å². The van der Waals surface area contributed by atoms with Gasteiger partial charge < -0.3 is 0 Å². The molecule has 3 rings (SSSR count). The molecule has 1 aliphatic heterocycles. The summed E-state index contributed by atoms with van der Waals surface area (Å²) in [7, 11) is -2.97. The summed E-state index contributed by atoms with van der Waals surface area (Å²) < 4.78 is 25.2. The summed E-state index contributed by atoms with van der Waals surface area (Å²) in [5.41, 5.74) is 3.07. The molecule has 1 aromatic heterocycles. The minimum absolute atomic E-state index is 0.119. The highest BCUT2D eigenvalue weighted by Crippen LogP contribution is 2.27. The number of aryl methyl sites for hydroxylation is 1. The number of carbonyl (C=O) groups is 1. The average molecular weight is 379 g/mol. The van der Waals surface area contributed by atoms with Crippen LogP contribution in [0.15, 0.2) is 30.3 Å². The number of hydrogen-bond donors (Lipinski definition) is 0.